The first-order valence-corrected chi connectivity index (χ1v) is 6.42. The minimum Gasteiger partial charge on any atom is -0.354 e. The Morgan fingerprint density at radius 2 is 2.20 bits per heavy atom. The lowest BCUT2D eigenvalue weighted by Crippen LogP contribution is -2.12. The number of aromatic nitrogens is 2. The topological polar surface area (TPSA) is 58.4 Å². The number of rotatable bonds is 2. The number of benzene rings is 1. The number of nitrogens with zero attached hydrogens (tertiary/aromatic N) is 2. The van der Waals surface area contributed by atoms with Gasteiger partial charge in [-0.3, -0.25) is 4.79 Å². The molecular weight excluding hydrogens is 252 g/mol. The van der Waals surface area contributed by atoms with Crippen LogP contribution in [0.25, 0.3) is 5.52 Å². The Morgan fingerprint density at radius 1 is 1.25 bits per heavy atom. The maximum Gasteiger partial charge on any atom is 0.251 e. The van der Waals surface area contributed by atoms with Gasteiger partial charge >= 0.3 is 0 Å². The fourth-order valence-electron chi connectivity index (χ4n) is 2.52. The zero-order valence-electron chi connectivity index (χ0n) is 10.6. The number of hydrogen-bond donors (Lipinski definition) is 2. The highest BCUT2D eigenvalue weighted by Crippen LogP contribution is 2.25. The van der Waals surface area contributed by atoms with Gasteiger partial charge < -0.3 is 10.6 Å². The molecule has 5 heteroatoms. The molecule has 2 N–H and O–H groups in total. The van der Waals surface area contributed by atoms with E-state index in [1.807, 2.05) is 47.1 Å². The lowest BCUT2D eigenvalue weighted by molar-refractivity contribution is 0.0966. The quantitative estimate of drug-likeness (QED) is 0.746. The van der Waals surface area contributed by atoms with Gasteiger partial charge in [-0.25, -0.2) is 4.52 Å². The summed E-state index contributed by atoms with van der Waals surface area (Å²) in [7, 11) is 0. The van der Waals surface area contributed by atoms with Crippen LogP contribution < -0.4 is 10.6 Å². The average molecular weight is 264 g/mol. The second kappa shape index (κ2) is 4.09. The molecule has 1 amide bonds. The van der Waals surface area contributed by atoms with Gasteiger partial charge in [0, 0.05) is 30.2 Å². The van der Waals surface area contributed by atoms with Crippen LogP contribution >= 0.6 is 0 Å². The molecule has 5 nitrogen and oxygen atoms in total. The van der Waals surface area contributed by atoms with E-state index in [9.17, 15) is 4.79 Å². The molecular formula is C15H12N4O. The van der Waals surface area contributed by atoms with Gasteiger partial charge in [0.2, 0.25) is 0 Å². The predicted molar refractivity (Wildman–Crippen MR) is 76.1 cm³/mol. The number of anilines is 2. The SMILES string of the molecule is O=C1NCc2cc(Nc3ccn4ncccc34)ccc21. The van der Waals surface area contributed by atoms with Gasteiger partial charge in [0.05, 0.1) is 11.2 Å². The van der Waals surface area contributed by atoms with E-state index in [4.69, 9.17) is 0 Å². The van der Waals surface area contributed by atoms with Crippen LogP contribution in [-0.2, 0) is 6.54 Å². The fourth-order valence-corrected chi connectivity index (χ4v) is 2.52. The van der Waals surface area contributed by atoms with Crippen LogP contribution in [0.4, 0.5) is 11.4 Å². The van der Waals surface area contributed by atoms with Crippen molar-refractivity contribution in [3.63, 3.8) is 0 Å². The highest BCUT2D eigenvalue weighted by atomic mass is 16.1. The molecule has 98 valence electrons. The number of amides is 1. The van der Waals surface area contributed by atoms with Crippen molar-refractivity contribution in [2.24, 2.45) is 0 Å². The highest BCUT2D eigenvalue weighted by molar-refractivity contribution is 5.98. The fraction of sp³-hybridized carbons (Fsp3) is 0.0667. The summed E-state index contributed by atoms with van der Waals surface area (Å²) in [5, 5.41) is 10.4. The molecule has 0 unspecified atom stereocenters. The highest BCUT2D eigenvalue weighted by Gasteiger charge is 2.18. The zero-order chi connectivity index (χ0) is 13.5. The Hall–Kier alpha value is -2.82. The van der Waals surface area contributed by atoms with Crippen LogP contribution in [0.5, 0.6) is 0 Å². The first kappa shape index (κ1) is 11.0. The third-order valence-corrected chi connectivity index (χ3v) is 3.50. The molecule has 0 spiro atoms. The summed E-state index contributed by atoms with van der Waals surface area (Å²) in [5.74, 6) is 0.00469. The Kier molecular flexibility index (Phi) is 2.26. The summed E-state index contributed by atoms with van der Waals surface area (Å²) in [5.41, 5.74) is 4.77. The van der Waals surface area contributed by atoms with E-state index in [0.29, 0.717) is 6.54 Å². The Balaban J connectivity index is 1.71. The van der Waals surface area contributed by atoms with Crippen molar-refractivity contribution in [3.05, 3.63) is 59.9 Å². The van der Waals surface area contributed by atoms with Crippen molar-refractivity contribution in [1.82, 2.24) is 14.9 Å². The van der Waals surface area contributed by atoms with Crippen molar-refractivity contribution < 1.29 is 4.79 Å². The maximum absolute atomic E-state index is 11.5. The number of hydrogen-bond acceptors (Lipinski definition) is 3. The summed E-state index contributed by atoms with van der Waals surface area (Å²) in [4.78, 5) is 11.5. The Bertz CT molecular complexity index is 822. The molecule has 0 saturated heterocycles. The van der Waals surface area contributed by atoms with Crippen LogP contribution in [0.3, 0.4) is 0 Å². The standard InChI is InChI=1S/C15H12N4O/c20-15-12-4-3-11(8-10(12)9-16-15)18-13-5-7-19-14(13)2-1-6-17-19/h1-8,18H,9H2,(H,16,20). The smallest absolute Gasteiger partial charge is 0.251 e. The van der Waals surface area contributed by atoms with Crippen LogP contribution in [0.2, 0.25) is 0 Å². The third kappa shape index (κ3) is 1.64. The van der Waals surface area contributed by atoms with E-state index in [0.717, 1.165) is 28.0 Å². The van der Waals surface area contributed by atoms with Gasteiger partial charge in [-0.05, 0) is 42.0 Å². The molecule has 0 fully saturated rings. The maximum atomic E-state index is 11.5. The largest absolute Gasteiger partial charge is 0.354 e. The second-order valence-electron chi connectivity index (χ2n) is 4.76. The van der Waals surface area contributed by atoms with Crippen molar-refractivity contribution in [3.8, 4) is 0 Å². The molecule has 0 bridgehead atoms. The van der Waals surface area contributed by atoms with Gasteiger partial charge in [0.1, 0.15) is 0 Å². The molecule has 0 radical (unpaired) electrons. The summed E-state index contributed by atoms with van der Waals surface area (Å²) in [6, 6.07) is 11.7. The second-order valence-corrected chi connectivity index (χ2v) is 4.76. The van der Waals surface area contributed by atoms with Crippen molar-refractivity contribution >= 4 is 22.8 Å². The minimum atomic E-state index is 0.00469. The van der Waals surface area contributed by atoms with Crippen molar-refractivity contribution in [2.45, 2.75) is 6.54 Å². The lowest BCUT2D eigenvalue weighted by atomic mass is 10.1. The first-order chi connectivity index (χ1) is 9.81. The molecule has 1 aliphatic rings. The van der Waals surface area contributed by atoms with Crippen LogP contribution in [0.15, 0.2) is 48.8 Å². The molecule has 3 aromatic rings. The molecule has 0 aliphatic carbocycles. The average Bonchev–Trinajstić information content (AvgIpc) is 3.04. The molecule has 20 heavy (non-hydrogen) atoms. The number of carbonyl (C=O) groups is 1. The van der Waals surface area contributed by atoms with Gasteiger partial charge in [-0.1, -0.05) is 0 Å². The number of fused-ring (bicyclic) bond motifs is 2. The predicted octanol–water partition coefficient (Wildman–Crippen LogP) is 2.32. The molecule has 1 aromatic carbocycles. The third-order valence-electron chi connectivity index (χ3n) is 3.50. The number of carbonyl (C=O) groups excluding carboxylic acids is 1. The molecule has 2 aromatic heterocycles. The van der Waals surface area contributed by atoms with Gasteiger partial charge in [-0.2, -0.15) is 5.10 Å². The Morgan fingerprint density at radius 3 is 3.15 bits per heavy atom. The molecule has 1 aliphatic heterocycles. The van der Waals surface area contributed by atoms with Gasteiger partial charge in [0.15, 0.2) is 0 Å². The number of nitrogens with one attached hydrogen (secondary N) is 2. The van der Waals surface area contributed by atoms with E-state index < -0.39 is 0 Å². The summed E-state index contributed by atoms with van der Waals surface area (Å²) in [6.07, 6.45) is 3.67. The van der Waals surface area contributed by atoms with Crippen molar-refractivity contribution in [1.29, 1.82) is 0 Å². The summed E-state index contributed by atoms with van der Waals surface area (Å²) >= 11 is 0. The van der Waals surface area contributed by atoms with Gasteiger partial charge in [-0.15, -0.1) is 0 Å². The lowest BCUT2D eigenvalue weighted by Gasteiger charge is -2.06. The monoisotopic (exact) mass is 264 g/mol. The van der Waals surface area contributed by atoms with E-state index in [1.165, 1.54) is 0 Å². The van der Waals surface area contributed by atoms with E-state index in [2.05, 4.69) is 15.7 Å². The van der Waals surface area contributed by atoms with E-state index in [1.54, 1.807) is 6.20 Å². The summed E-state index contributed by atoms with van der Waals surface area (Å²) in [6.45, 7) is 0.599. The van der Waals surface area contributed by atoms with E-state index >= 15 is 0 Å². The molecule has 4 rings (SSSR count). The normalized spacial score (nSPS) is 13.3. The van der Waals surface area contributed by atoms with Gasteiger partial charge in [0.25, 0.3) is 5.91 Å². The van der Waals surface area contributed by atoms with Crippen LogP contribution in [0.1, 0.15) is 15.9 Å². The summed E-state index contributed by atoms with van der Waals surface area (Å²) < 4.78 is 1.82. The van der Waals surface area contributed by atoms with Crippen molar-refractivity contribution in [2.75, 3.05) is 5.32 Å². The molecule has 0 saturated carbocycles. The Labute approximate surface area is 115 Å². The van der Waals surface area contributed by atoms with Crippen LogP contribution in [-0.4, -0.2) is 15.5 Å². The minimum absolute atomic E-state index is 0.00469. The zero-order valence-corrected chi connectivity index (χ0v) is 10.6. The first-order valence-electron chi connectivity index (χ1n) is 6.42. The van der Waals surface area contributed by atoms with E-state index in [-0.39, 0.29) is 5.91 Å². The molecule has 0 atom stereocenters. The van der Waals surface area contributed by atoms with Crippen LogP contribution in [0, 0.1) is 0 Å². The molecule has 3 heterocycles.